The average Bonchev–Trinajstić information content (AvgIpc) is 3.18. The molecule has 6 heteroatoms. The Balaban J connectivity index is 4.41. The first kappa shape index (κ1) is 52.1. The van der Waals surface area contributed by atoms with E-state index in [1.807, 2.05) is 6.08 Å². The summed E-state index contributed by atoms with van der Waals surface area (Å²) in [6, 6.07) is 0. The largest absolute Gasteiger partial charge is 0.462 e. The van der Waals surface area contributed by atoms with Gasteiger partial charge in [0.15, 0.2) is 6.10 Å². The number of hydrogen-bond donors (Lipinski definition) is 0. The van der Waals surface area contributed by atoms with Crippen molar-refractivity contribution in [2.24, 2.45) is 0 Å². The maximum absolute atomic E-state index is 12.7. The van der Waals surface area contributed by atoms with Gasteiger partial charge in [-0.15, -0.1) is 0 Å². The molecular weight excluding hydrogens is 685 g/mol. The van der Waals surface area contributed by atoms with Gasteiger partial charge in [-0.05, 0) is 57.8 Å². The van der Waals surface area contributed by atoms with Gasteiger partial charge in [-0.2, -0.15) is 0 Å². The minimum atomic E-state index is -0.808. The lowest BCUT2D eigenvalue weighted by molar-refractivity contribution is -0.166. The van der Waals surface area contributed by atoms with Crippen LogP contribution in [0.5, 0.6) is 0 Å². The fourth-order valence-corrected chi connectivity index (χ4v) is 6.19. The molecule has 0 fully saturated rings. The van der Waals surface area contributed by atoms with Crippen molar-refractivity contribution in [3.05, 3.63) is 60.8 Å². The summed E-state index contributed by atoms with van der Waals surface area (Å²) in [6.45, 7) is 6.30. The Kier molecular flexibility index (Phi) is 41.5. The van der Waals surface area contributed by atoms with Crippen LogP contribution < -0.4 is 0 Å². The van der Waals surface area contributed by atoms with E-state index < -0.39 is 12.1 Å². The summed E-state index contributed by atoms with van der Waals surface area (Å²) in [5.74, 6) is -1.04. The van der Waals surface area contributed by atoms with Gasteiger partial charge in [-0.25, -0.2) is 0 Å². The lowest BCUT2D eigenvalue weighted by Gasteiger charge is -2.18. The molecule has 1 atom stereocenters. The van der Waals surface area contributed by atoms with Crippen molar-refractivity contribution in [3.63, 3.8) is 0 Å². The van der Waals surface area contributed by atoms with Crippen molar-refractivity contribution in [3.8, 4) is 0 Å². The molecule has 0 N–H and O–H groups in total. The van der Waals surface area contributed by atoms with Crippen molar-refractivity contribution in [2.45, 2.75) is 219 Å². The zero-order valence-corrected chi connectivity index (χ0v) is 35.9. The summed E-state index contributed by atoms with van der Waals surface area (Å²) >= 11 is 0. The predicted molar refractivity (Wildman–Crippen MR) is 233 cm³/mol. The quantitative estimate of drug-likeness (QED) is 0.0267. The van der Waals surface area contributed by atoms with Crippen LogP contribution in [0.15, 0.2) is 60.8 Å². The Morgan fingerprint density at radius 2 is 0.782 bits per heavy atom. The Morgan fingerprint density at radius 3 is 1.27 bits per heavy atom. The summed E-state index contributed by atoms with van der Waals surface area (Å²) in [6.07, 6.45) is 52.4. The number of carbonyl (C=O) groups excluding carboxylic acids is 3. The van der Waals surface area contributed by atoms with Crippen molar-refractivity contribution in [1.29, 1.82) is 0 Å². The normalized spacial score (nSPS) is 12.6. The number of allylic oxidation sites excluding steroid dienone is 9. The lowest BCUT2D eigenvalue weighted by atomic mass is 10.0. The predicted octanol–water partition coefficient (Wildman–Crippen LogP) is 14.5. The summed E-state index contributed by atoms with van der Waals surface area (Å²) in [5, 5.41) is 0. The minimum Gasteiger partial charge on any atom is -0.462 e. The maximum atomic E-state index is 12.7. The number of ether oxygens (including phenoxy) is 3. The highest BCUT2D eigenvalue weighted by atomic mass is 16.6. The van der Waals surface area contributed by atoms with E-state index in [4.69, 9.17) is 14.2 Å². The van der Waals surface area contributed by atoms with Gasteiger partial charge in [-0.3, -0.25) is 14.4 Å². The fourth-order valence-electron chi connectivity index (χ4n) is 6.19. The van der Waals surface area contributed by atoms with Crippen LogP contribution in [0.25, 0.3) is 0 Å². The molecule has 0 rings (SSSR count). The molecule has 0 spiro atoms. The smallest absolute Gasteiger partial charge is 0.309 e. The van der Waals surface area contributed by atoms with Gasteiger partial charge < -0.3 is 14.2 Å². The second-order valence-corrected chi connectivity index (χ2v) is 14.9. The third kappa shape index (κ3) is 42.1. The van der Waals surface area contributed by atoms with E-state index in [2.05, 4.69) is 69.4 Å². The molecule has 0 heterocycles. The molecular formula is C49H84O6. The van der Waals surface area contributed by atoms with E-state index in [0.29, 0.717) is 12.8 Å². The number of esters is 3. The Bertz CT molecular complexity index is 1020. The van der Waals surface area contributed by atoms with E-state index in [-0.39, 0.29) is 31.6 Å². The van der Waals surface area contributed by atoms with E-state index in [9.17, 15) is 14.4 Å². The zero-order chi connectivity index (χ0) is 40.1. The van der Waals surface area contributed by atoms with Crippen molar-refractivity contribution in [2.75, 3.05) is 13.2 Å². The Morgan fingerprint density at radius 1 is 0.400 bits per heavy atom. The Hall–Kier alpha value is -2.89. The van der Waals surface area contributed by atoms with Gasteiger partial charge in [0, 0.05) is 12.8 Å². The number of unbranched alkanes of at least 4 members (excludes halogenated alkanes) is 20. The van der Waals surface area contributed by atoms with Crippen LogP contribution in [0.3, 0.4) is 0 Å². The van der Waals surface area contributed by atoms with Crippen LogP contribution in [0.4, 0.5) is 0 Å². The topological polar surface area (TPSA) is 78.9 Å². The molecule has 0 aliphatic rings. The van der Waals surface area contributed by atoms with Crippen molar-refractivity contribution < 1.29 is 28.6 Å². The van der Waals surface area contributed by atoms with E-state index in [1.165, 1.54) is 96.3 Å². The molecule has 0 bridgehead atoms. The summed E-state index contributed by atoms with van der Waals surface area (Å²) < 4.78 is 16.6. The lowest BCUT2D eigenvalue weighted by Crippen LogP contribution is -2.30. The van der Waals surface area contributed by atoms with Gasteiger partial charge in [0.05, 0.1) is 6.42 Å². The van der Waals surface area contributed by atoms with Crippen LogP contribution in [0.2, 0.25) is 0 Å². The molecule has 0 aromatic carbocycles. The van der Waals surface area contributed by atoms with E-state index >= 15 is 0 Å². The average molecular weight is 769 g/mol. The third-order valence-electron chi connectivity index (χ3n) is 9.55. The highest BCUT2D eigenvalue weighted by Gasteiger charge is 2.19. The molecule has 0 aromatic rings. The molecule has 0 amide bonds. The van der Waals surface area contributed by atoms with E-state index in [1.54, 1.807) is 6.08 Å². The first-order valence-corrected chi connectivity index (χ1v) is 22.8. The summed E-state index contributed by atoms with van der Waals surface area (Å²) in [4.78, 5) is 37.6. The molecule has 0 aromatic heterocycles. The number of carbonyl (C=O) groups is 3. The molecule has 6 nitrogen and oxygen atoms in total. The molecule has 55 heavy (non-hydrogen) atoms. The standard InChI is InChI=1S/C49H84O6/c1-4-7-10-13-16-19-21-23-25-27-30-33-36-39-42-48(51)54-45-46(44-53-47(50)41-38-35-32-29-18-15-12-9-6-3)55-49(52)43-40-37-34-31-28-26-24-22-20-17-14-11-8-5-2/h7,9-10,12,16,18-19,29,35,38,46H,4-6,8,11,13-15,17,20-28,30-34,36-37,39-45H2,1-3H3/b10-7-,12-9-,19-16-,29-18-,38-35-. The van der Waals surface area contributed by atoms with Crippen LogP contribution in [-0.4, -0.2) is 37.2 Å². The van der Waals surface area contributed by atoms with Crippen LogP contribution in [0, 0.1) is 0 Å². The van der Waals surface area contributed by atoms with Crippen LogP contribution in [-0.2, 0) is 28.6 Å². The molecule has 0 aliphatic heterocycles. The molecule has 0 radical (unpaired) electrons. The first-order chi connectivity index (χ1) is 27.0. The second kappa shape index (κ2) is 43.8. The van der Waals surface area contributed by atoms with Gasteiger partial charge in [0.25, 0.3) is 0 Å². The first-order valence-electron chi connectivity index (χ1n) is 22.8. The molecule has 0 saturated carbocycles. The number of rotatable bonds is 40. The SMILES string of the molecule is CC/C=C\C/C=C\C/C=C\CC(=O)OCC(COC(=O)CCCCCCCCC/C=C\C/C=C\CC)OC(=O)CCCCCCCCCCCCCCCC. The molecule has 1 unspecified atom stereocenters. The molecule has 316 valence electrons. The van der Waals surface area contributed by atoms with Crippen molar-refractivity contribution in [1.82, 2.24) is 0 Å². The summed E-state index contributed by atoms with van der Waals surface area (Å²) in [7, 11) is 0. The van der Waals surface area contributed by atoms with Crippen LogP contribution in [0.1, 0.15) is 213 Å². The van der Waals surface area contributed by atoms with Gasteiger partial charge in [0.1, 0.15) is 13.2 Å². The molecule has 0 aliphatic carbocycles. The minimum absolute atomic E-state index is 0.104. The van der Waals surface area contributed by atoms with Gasteiger partial charge >= 0.3 is 17.9 Å². The van der Waals surface area contributed by atoms with Crippen molar-refractivity contribution >= 4 is 17.9 Å². The maximum Gasteiger partial charge on any atom is 0.309 e. The highest BCUT2D eigenvalue weighted by Crippen LogP contribution is 2.15. The monoisotopic (exact) mass is 769 g/mol. The number of hydrogen-bond acceptors (Lipinski definition) is 6. The highest BCUT2D eigenvalue weighted by molar-refractivity contribution is 5.72. The fraction of sp³-hybridized carbons (Fsp3) is 0.735. The van der Waals surface area contributed by atoms with Gasteiger partial charge in [0.2, 0.25) is 0 Å². The zero-order valence-electron chi connectivity index (χ0n) is 35.9. The Labute approximate surface area is 339 Å². The molecule has 0 saturated heterocycles. The van der Waals surface area contributed by atoms with Gasteiger partial charge in [-0.1, -0.05) is 197 Å². The van der Waals surface area contributed by atoms with E-state index in [0.717, 1.165) is 77.0 Å². The van der Waals surface area contributed by atoms with Crippen LogP contribution >= 0.6 is 0 Å². The third-order valence-corrected chi connectivity index (χ3v) is 9.55. The second-order valence-electron chi connectivity index (χ2n) is 14.9. The summed E-state index contributed by atoms with van der Waals surface area (Å²) in [5.41, 5.74) is 0.